The number of fused-ring (bicyclic) bond motifs is 3. The van der Waals surface area contributed by atoms with E-state index in [1.165, 1.54) is 0 Å². The van der Waals surface area contributed by atoms with Crippen molar-refractivity contribution in [2.45, 2.75) is 13.3 Å². The van der Waals surface area contributed by atoms with E-state index in [1.807, 2.05) is 24.4 Å². The number of anilines is 1. The molecule has 2 aromatic heterocycles. The van der Waals surface area contributed by atoms with Crippen molar-refractivity contribution in [2.75, 3.05) is 11.9 Å². The van der Waals surface area contributed by atoms with E-state index in [0.29, 0.717) is 0 Å². The van der Waals surface area contributed by atoms with Crippen LogP contribution in [-0.2, 0) is 0 Å². The van der Waals surface area contributed by atoms with Gasteiger partial charge in [0.1, 0.15) is 0 Å². The van der Waals surface area contributed by atoms with E-state index in [0.717, 1.165) is 35.5 Å². The minimum absolute atomic E-state index is 0.857. The minimum Gasteiger partial charge on any atom is -0.367 e. The van der Waals surface area contributed by atoms with Crippen LogP contribution in [0.1, 0.15) is 13.3 Å². The maximum absolute atomic E-state index is 4.62. The first-order valence-corrected chi connectivity index (χ1v) is 5.86. The fourth-order valence-corrected chi connectivity index (χ4v) is 1.97. The van der Waals surface area contributed by atoms with Crippen molar-refractivity contribution in [1.82, 2.24) is 14.4 Å². The molecule has 86 valence electrons. The van der Waals surface area contributed by atoms with Crippen LogP contribution in [0, 0.1) is 0 Å². The molecule has 3 aromatic rings. The standard InChI is InChI=1S/C13H14N4/c1-2-7-14-12-13-15-8-9-17(13)11-6-4-3-5-10(11)16-12/h3-6,8-9H,2,7H2,1H3,(H,14,16). The van der Waals surface area contributed by atoms with Crippen molar-refractivity contribution < 1.29 is 0 Å². The molecule has 1 N–H and O–H groups in total. The molecule has 0 aliphatic heterocycles. The van der Waals surface area contributed by atoms with Crippen LogP contribution in [0.25, 0.3) is 16.7 Å². The molecule has 0 atom stereocenters. The first-order chi connectivity index (χ1) is 8.40. The zero-order chi connectivity index (χ0) is 11.7. The first-order valence-electron chi connectivity index (χ1n) is 5.86. The summed E-state index contributed by atoms with van der Waals surface area (Å²) in [5, 5.41) is 3.32. The van der Waals surface area contributed by atoms with Crippen LogP contribution in [0.5, 0.6) is 0 Å². The normalized spacial score (nSPS) is 11.1. The van der Waals surface area contributed by atoms with Gasteiger partial charge >= 0.3 is 0 Å². The van der Waals surface area contributed by atoms with Crippen LogP contribution in [-0.4, -0.2) is 20.9 Å². The van der Waals surface area contributed by atoms with Crippen LogP contribution < -0.4 is 5.32 Å². The third-order valence-electron chi connectivity index (χ3n) is 2.77. The minimum atomic E-state index is 0.857. The lowest BCUT2D eigenvalue weighted by molar-refractivity contribution is 0.969. The molecule has 0 saturated heterocycles. The average molecular weight is 226 g/mol. The number of rotatable bonds is 3. The highest BCUT2D eigenvalue weighted by atomic mass is 15.1. The van der Waals surface area contributed by atoms with Gasteiger partial charge in [0.15, 0.2) is 11.5 Å². The fraction of sp³-hybridized carbons (Fsp3) is 0.231. The molecule has 0 spiro atoms. The summed E-state index contributed by atoms with van der Waals surface area (Å²) in [6.07, 6.45) is 4.85. The average Bonchev–Trinajstić information content (AvgIpc) is 2.85. The van der Waals surface area contributed by atoms with Gasteiger partial charge in [-0.15, -0.1) is 0 Å². The molecular formula is C13H14N4. The quantitative estimate of drug-likeness (QED) is 0.746. The predicted molar refractivity (Wildman–Crippen MR) is 69.3 cm³/mol. The van der Waals surface area contributed by atoms with E-state index in [9.17, 15) is 0 Å². The SMILES string of the molecule is CCCNc1nc2ccccc2n2ccnc12. The van der Waals surface area contributed by atoms with Gasteiger partial charge in [-0.05, 0) is 18.6 Å². The Morgan fingerprint density at radius 2 is 2.18 bits per heavy atom. The second-order valence-electron chi connectivity index (χ2n) is 4.00. The maximum atomic E-state index is 4.62. The Balaban J connectivity index is 2.28. The number of nitrogens with one attached hydrogen (secondary N) is 1. The lowest BCUT2D eigenvalue weighted by atomic mass is 10.3. The Morgan fingerprint density at radius 3 is 3.06 bits per heavy atom. The summed E-state index contributed by atoms with van der Waals surface area (Å²) in [6.45, 7) is 3.05. The van der Waals surface area contributed by atoms with Crippen molar-refractivity contribution in [1.29, 1.82) is 0 Å². The van der Waals surface area contributed by atoms with Crippen molar-refractivity contribution in [3.8, 4) is 0 Å². The van der Waals surface area contributed by atoms with Gasteiger partial charge in [-0.1, -0.05) is 19.1 Å². The van der Waals surface area contributed by atoms with Crippen LogP contribution in [0.2, 0.25) is 0 Å². The largest absolute Gasteiger partial charge is 0.367 e. The summed E-state index contributed by atoms with van der Waals surface area (Å²) in [6, 6.07) is 8.09. The van der Waals surface area contributed by atoms with Crippen LogP contribution >= 0.6 is 0 Å². The lowest BCUT2D eigenvalue weighted by Crippen LogP contribution is -2.05. The number of aromatic nitrogens is 3. The number of benzene rings is 1. The molecule has 0 fully saturated rings. The smallest absolute Gasteiger partial charge is 0.180 e. The molecule has 0 unspecified atom stereocenters. The van der Waals surface area contributed by atoms with Gasteiger partial charge in [-0.25, -0.2) is 9.97 Å². The summed E-state index contributed by atoms with van der Waals surface area (Å²) in [7, 11) is 0. The summed E-state index contributed by atoms with van der Waals surface area (Å²) >= 11 is 0. The van der Waals surface area contributed by atoms with Gasteiger partial charge in [0.2, 0.25) is 0 Å². The van der Waals surface area contributed by atoms with E-state index in [-0.39, 0.29) is 0 Å². The summed E-state index contributed by atoms with van der Waals surface area (Å²) in [4.78, 5) is 8.98. The van der Waals surface area contributed by atoms with Gasteiger partial charge in [-0.2, -0.15) is 0 Å². The Hall–Kier alpha value is -2.10. The van der Waals surface area contributed by atoms with Crippen molar-refractivity contribution >= 4 is 22.5 Å². The molecule has 0 aliphatic rings. The van der Waals surface area contributed by atoms with E-state index >= 15 is 0 Å². The number of hydrogen-bond acceptors (Lipinski definition) is 3. The van der Waals surface area contributed by atoms with Crippen molar-refractivity contribution in [3.05, 3.63) is 36.7 Å². The van der Waals surface area contributed by atoms with Crippen LogP contribution in [0.3, 0.4) is 0 Å². The molecule has 4 heteroatoms. The molecule has 0 radical (unpaired) electrons. The number of hydrogen-bond donors (Lipinski definition) is 1. The van der Waals surface area contributed by atoms with Gasteiger partial charge in [0.05, 0.1) is 11.0 Å². The highest BCUT2D eigenvalue weighted by Crippen LogP contribution is 2.20. The molecule has 4 nitrogen and oxygen atoms in total. The Kier molecular flexibility index (Phi) is 2.40. The Labute approximate surface area is 99.3 Å². The molecule has 0 bridgehead atoms. The second-order valence-corrected chi connectivity index (χ2v) is 4.00. The molecule has 2 heterocycles. The summed E-state index contributed by atoms with van der Waals surface area (Å²) in [5.41, 5.74) is 2.95. The second kappa shape index (κ2) is 4.05. The molecule has 0 aliphatic carbocycles. The fourth-order valence-electron chi connectivity index (χ4n) is 1.97. The third-order valence-corrected chi connectivity index (χ3v) is 2.77. The van der Waals surface area contributed by atoms with Crippen LogP contribution in [0.4, 0.5) is 5.82 Å². The predicted octanol–water partition coefficient (Wildman–Crippen LogP) is 2.70. The molecular weight excluding hydrogens is 212 g/mol. The lowest BCUT2D eigenvalue weighted by Gasteiger charge is -2.08. The van der Waals surface area contributed by atoms with E-state index in [2.05, 4.69) is 32.7 Å². The number of imidazole rings is 1. The summed E-state index contributed by atoms with van der Waals surface area (Å²) < 4.78 is 2.07. The third kappa shape index (κ3) is 1.62. The zero-order valence-corrected chi connectivity index (χ0v) is 9.72. The van der Waals surface area contributed by atoms with Gasteiger partial charge in [-0.3, -0.25) is 4.40 Å². The van der Waals surface area contributed by atoms with Crippen molar-refractivity contribution in [3.63, 3.8) is 0 Å². The van der Waals surface area contributed by atoms with E-state index in [4.69, 9.17) is 0 Å². The van der Waals surface area contributed by atoms with Crippen LogP contribution in [0.15, 0.2) is 36.7 Å². The van der Waals surface area contributed by atoms with E-state index < -0.39 is 0 Å². The number of nitrogens with zero attached hydrogens (tertiary/aromatic N) is 3. The van der Waals surface area contributed by atoms with Gasteiger partial charge in [0, 0.05) is 18.9 Å². The molecule has 0 saturated carbocycles. The highest BCUT2D eigenvalue weighted by Gasteiger charge is 2.07. The highest BCUT2D eigenvalue weighted by molar-refractivity contribution is 5.82. The number of para-hydroxylation sites is 2. The molecule has 3 rings (SSSR count). The Bertz CT molecular complexity index is 657. The zero-order valence-electron chi connectivity index (χ0n) is 9.72. The maximum Gasteiger partial charge on any atom is 0.180 e. The topological polar surface area (TPSA) is 42.2 Å². The molecule has 1 aromatic carbocycles. The van der Waals surface area contributed by atoms with Crippen molar-refractivity contribution in [2.24, 2.45) is 0 Å². The van der Waals surface area contributed by atoms with E-state index in [1.54, 1.807) is 6.20 Å². The first kappa shape index (κ1) is 10.1. The molecule has 0 amide bonds. The monoisotopic (exact) mass is 226 g/mol. The Morgan fingerprint density at radius 1 is 1.29 bits per heavy atom. The van der Waals surface area contributed by atoms with Gasteiger partial charge < -0.3 is 5.32 Å². The summed E-state index contributed by atoms with van der Waals surface area (Å²) in [5.74, 6) is 0.857. The molecule has 17 heavy (non-hydrogen) atoms. The van der Waals surface area contributed by atoms with Gasteiger partial charge in [0.25, 0.3) is 0 Å².